The van der Waals surface area contributed by atoms with E-state index in [0.29, 0.717) is 28.9 Å². The van der Waals surface area contributed by atoms with Crippen LogP contribution in [0.4, 0.5) is 13.2 Å². The van der Waals surface area contributed by atoms with Gasteiger partial charge in [-0.3, -0.25) is 9.78 Å². The number of aliphatic carboxylic acids is 1. The topological polar surface area (TPSA) is 63.1 Å². The fourth-order valence-electron chi connectivity index (χ4n) is 4.04. The molecule has 2 aromatic heterocycles. The molecular formula is C27H23F3N2O2. The van der Waals surface area contributed by atoms with Crippen molar-refractivity contribution in [3.63, 3.8) is 0 Å². The van der Waals surface area contributed by atoms with Gasteiger partial charge in [0, 0.05) is 28.9 Å². The maximum absolute atomic E-state index is 13.0. The summed E-state index contributed by atoms with van der Waals surface area (Å²) >= 11 is 0. The summed E-state index contributed by atoms with van der Waals surface area (Å²) in [6.07, 6.45) is -0.625. The van der Waals surface area contributed by atoms with Crippen LogP contribution in [0.5, 0.6) is 0 Å². The van der Waals surface area contributed by atoms with Crippen molar-refractivity contribution in [3.8, 4) is 22.5 Å². The van der Waals surface area contributed by atoms with E-state index in [1.807, 2.05) is 38.1 Å². The zero-order valence-corrected chi connectivity index (χ0v) is 18.7. The molecule has 2 aromatic carbocycles. The van der Waals surface area contributed by atoms with Crippen LogP contribution in [-0.4, -0.2) is 21.0 Å². The van der Waals surface area contributed by atoms with Gasteiger partial charge in [-0.2, -0.15) is 13.2 Å². The summed E-state index contributed by atoms with van der Waals surface area (Å²) in [5.74, 6) is -1.61. The smallest absolute Gasteiger partial charge is 0.416 e. The highest BCUT2D eigenvalue weighted by molar-refractivity contribution is 5.95. The predicted molar refractivity (Wildman–Crippen MR) is 125 cm³/mol. The summed E-state index contributed by atoms with van der Waals surface area (Å²) in [5.41, 5.74) is 1.92. The van der Waals surface area contributed by atoms with Crippen LogP contribution in [0.1, 0.15) is 37.3 Å². The van der Waals surface area contributed by atoms with Crippen molar-refractivity contribution in [2.75, 3.05) is 0 Å². The first-order valence-electron chi connectivity index (χ1n) is 10.9. The van der Waals surface area contributed by atoms with Gasteiger partial charge in [0.05, 0.1) is 22.9 Å². The number of fused-ring (bicyclic) bond motifs is 1. The van der Waals surface area contributed by atoms with Crippen LogP contribution in [-0.2, 0) is 11.0 Å². The molecule has 0 aliphatic rings. The van der Waals surface area contributed by atoms with E-state index < -0.39 is 23.6 Å². The zero-order valence-electron chi connectivity index (χ0n) is 18.7. The molecule has 0 aliphatic heterocycles. The second kappa shape index (κ2) is 9.25. The highest BCUT2D eigenvalue weighted by Gasteiger charge is 2.30. The van der Waals surface area contributed by atoms with E-state index in [9.17, 15) is 23.1 Å². The first-order chi connectivity index (χ1) is 16.1. The Bertz CT molecular complexity index is 1330. The second-order valence-corrected chi connectivity index (χ2v) is 8.67. The number of carboxylic acid groups (broad SMARTS) is 1. The molecule has 0 saturated carbocycles. The maximum atomic E-state index is 13.0. The van der Waals surface area contributed by atoms with Crippen LogP contribution in [0.3, 0.4) is 0 Å². The molecule has 7 heteroatoms. The van der Waals surface area contributed by atoms with Crippen LogP contribution < -0.4 is 0 Å². The van der Waals surface area contributed by atoms with Crippen molar-refractivity contribution in [3.05, 3.63) is 84.2 Å². The fourth-order valence-corrected chi connectivity index (χ4v) is 4.04. The van der Waals surface area contributed by atoms with Crippen molar-refractivity contribution in [1.29, 1.82) is 0 Å². The lowest BCUT2D eigenvalue weighted by Crippen LogP contribution is -2.14. The minimum absolute atomic E-state index is 0.131. The van der Waals surface area contributed by atoms with Crippen LogP contribution in [0, 0.1) is 5.92 Å². The molecule has 4 aromatic rings. The Morgan fingerprint density at radius 2 is 1.65 bits per heavy atom. The number of pyridine rings is 2. The average molecular weight is 464 g/mol. The highest BCUT2D eigenvalue weighted by atomic mass is 19.4. The van der Waals surface area contributed by atoms with E-state index in [4.69, 9.17) is 4.98 Å². The number of nitrogens with zero attached hydrogens (tertiary/aromatic N) is 2. The standard InChI is InChI=1S/C27H23F3N2O2/c1-16(2)11-22(26(33)34)19-12-24(17-7-9-20(10-8-17)27(28,29)30)32-25(13-19)23-15-31-14-18-5-3-4-6-21(18)23/h3-10,12-16,22H,11H2,1-2H3,(H,33,34). The SMILES string of the molecule is CC(C)CC(C(=O)O)c1cc(-c2ccc(C(F)(F)F)cc2)nc(-c2cncc3ccccc23)c1. The lowest BCUT2D eigenvalue weighted by molar-refractivity contribution is -0.139. The van der Waals surface area contributed by atoms with E-state index in [2.05, 4.69) is 4.98 Å². The van der Waals surface area contributed by atoms with Gasteiger partial charge in [0.2, 0.25) is 0 Å². The Morgan fingerprint density at radius 1 is 0.971 bits per heavy atom. The largest absolute Gasteiger partial charge is 0.481 e. The molecule has 0 fully saturated rings. The van der Waals surface area contributed by atoms with Gasteiger partial charge in [0.25, 0.3) is 0 Å². The summed E-state index contributed by atoms with van der Waals surface area (Å²) in [7, 11) is 0. The first kappa shape index (κ1) is 23.4. The summed E-state index contributed by atoms with van der Waals surface area (Å²) in [4.78, 5) is 21.2. The van der Waals surface area contributed by atoms with Crippen molar-refractivity contribution in [2.45, 2.75) is 32.4 Å². The Hall–Kier alpha value is -3.74. The van der Waals surface area contributed by atoms with Crippen LogP contribution in [0.25, 0.3) is 33.3 Å². The van der Waals surface area contributed by atoms with Crippen molar-refractivity contribution in [2.24, 2.45) is 5.92 Å². The van der Waals surface area contributed by atoms with Gasteiger partial charge in [0.15, 0.2) is 0 Å². The lowest BCUT2D eigenvalue weighted by atomic mass is 9.88. The molecule has 4 rings (SSSR count). The minimum Gasteiger partial charge on any atom is -0.481 e. The number of rotatable bonds is 6. The molecule has 1 N–H and O–H groups in total. The normalized spacial score (nSPS) is 12.8. The number of carboxylic acids is 1. The predicted octanol–water partition coefficient (Wildman–Crippen LogP) is 7.20. The molecule has 0 saturated heterocycles. The van der Waals surface area contributed by atoms with Gasteiger partial charge >= 0.3 is 12.1 Å². The molecule has 0 aliphatic carbocycles. The third kappa shape index (κ3) is 4.93. The highest BCUT2D eigenvalue weighted by Crippen LogP contribution is 2.35. The number of hydrogen-bond donors (Lipinski definition) is 1. The van der Waals surface area contributed by atoms with Crippen molar-refractivity contribution in [1.82, 2.24) is 9.97 Å². The van der Waals surface area contributed by atoms with E-state index in [1.54, 1.807) is 24.5 Å². The Morgan fingerprint density at radius 3 is 2.29 bits per heavy atom. The van der Waals surface area contributed by atoms with Crippen LogP contribution in [0.2, 0.25) is 0 Å². The number of carbonyl (C=O) groups is 1. The van der Waals surface area contributed by atoms with Gasteiger partial charge in [-0.1, -0.05) is 50.2 Å². The molecule has 0 spiro atoms. The molecule has 0 amide bonds. The Balaban J connectivity index is 1.92. The zero-order chi connectivity index (χ0) is 24.5. The first-order valence-corrected chi connectivity index (χ1v) is 10.9. The number of halogens is 3. The molecule has 0 bridgehead atoms. The quantitative estimate of drug-likeness (QED) is 0.328. The molecule has 0 radical (unpaired) electrons. The van der Waals surface area contributed by atoms with Crippen molar-refractivity contribution < 1.29 is 23.1 Å². The van der Waals surface area contributed by atoms with E-state index in [-0.39, 0.29) is 5.92 Å². The Labute approximate surface area is 195 Å². The van der Waals surface area contributed by atoms with Gasteiger partial charge in [-0.05, 0) is 47.6 Å². The summed E-state index contributed by atoms with van der Waals surface area (Å²) < 4.78 is 39.1. The van der Waals surface area contributed by atoms with Gasteiger partial charge in [0.1, 0.15) is 0 Å². The molecular weight excluding hydrogens is 441 g/mol. The molecule has 1 atom stereocenters. The Kier molecular flexibility index (Phi) is 6.37. The molecule has 174 valence electrons. The molecule has 2 heterocycles. The summed E-state index contributed by atoms with van der Waals surface area (Å²) in [5, 5.41) is 11.7. The van der Waals surface area contributed by atoms with E-state index in [1.165, 1.54) is 12.1 Å². The third-order valence-corrected chi connectivity index (χ3v) is 5.71. The average Bonchev–Trinajstić information content (AvgIpc) is 2.81. The number of aromatic nitrogens is 2. The monoisotopic (exact) mass is 464 g/mol. The van der Waals surface area contributed by atoms with Gasteiger partial charge in [-0.25, -0.2) is 4.98 Å². The number of alkyl halides is 3. The maximum Gasteiger partial charge on any atom is 0.416 e. The van der Waals surface area contributed by atoms with E-state index >= 15 is 0 Å². The second-order valence-electron chi connectivity index (χ2n) is 8.67. The minimum atomic E-state index is -4.45. The summed E-state index contributed by atoms with van der Waals surface area (Å²) in [6, 6.07) is 15.8. The fraction of sp³-hybridized carbons (Fsp3) is 0.222. The molecule has 4 nitrogen and oxygen atoms in total. The molecule has 1 unspecified atom stereocenters. The van der Waals surface area contributed by atoms with Gasteiger partial charge in [-0.15, -0.1) is 0 Å². The number of benzene rings is 2. The van der Waals surface area contributed by atoms with Crippen LogP contribution >= 0.6 is 0 Å². The third-order valence-electron chi connectivity index (χ3n) is 5.71. The number of hydrogen-bond acceptors (Lipinski definition) is 3. The van der Waals surface area contributed by atoms with Crippen molar-refractivity contribution >= 4 is 16.7 Å². The van der Waals surface area contributed by atoms with Gasteiger partial charge < -0.3 is 5.11 Å². The van der Waals surface area contributed by atoms with Crippen LogP contribution in [0.15, 0.2) is 73.1 Å². The summed E-state index contributed by atoms with van der Waals surface area (Å²) in [6.45, 7) is 3.90. The molecule has 34 heavy (non-hydrogen) atoms. The van der Waals surface area contributed by atoms with E-state index in [0.717, 1.165) is 28.5 Å². The lowest BCUT2D eigenvalue weighted by Gasteiger charge is -2.18.